The molecular weight excluding hydrogens is 544 g/mol. The van der Waals surface area contributed by atoms with E-state index < -0.39 is 0 Å². The Morgan fingerprint density at radius 2 is 1.00 bits per heavy atom. The van der Waals surface area contributed by atoms with Crippen LogP contribution in [0.15, 0.2) is 168 Å². The second-order valence-electron chi connectivity index (χ2n) is 11.9. The number of furan rings is 1. The molecule has 0 N–H and O–H groups in total. The maximum absolute atomic E-state index is 6.59. The Labute approximate surface area is 262 Å². The zero-order valence-electron chi connectivity index (χ0n) is 24.8. The predicted octanol–water partition coefficient (Wildman–Crippen LogP) is 12.5. The van der Waals surface area contributed by atoms with Gasteiger partial charge in [0.25, 0.3) is 0 Å². The molecule has 1 unspecified atom stereocenters. The molecule has 0 saturated carbocycles. The van der Waals surface area contributed by atoms with Gasteiger partial charge in [0.15, 0.2) is 0 Å². The van der Waals surface area contributed by atoms with Crippen molar-refractivity contribution in [3.05, 3.63) is 169 Å². The molecule has 1 atom stereocenters. The van der Waals surface area contributed by atoms with Crippen LogP contribution in [0.1, 0.15) is 17.9 Å². The lowest BCUT2D eigenvalue weighted by Crippen LogP contribution is -1.97. The van der Waals surface area contributed by atoms with E-state index in [0.29, 0.717) is 5.92 Å². The molecular formula is C44H30O. The monoisotopic (exact) mass is 574 g/mol. The molecule has 0 aliphatic heterocycles. The Morgan fingerprint density at radius 3 is 1.67 bits per heavy atom. The molecule has 0 saturated heterocycles. The normalized spacial score (nSPS) is 14.6. The first kappa shape index (κ1) is 25.8. The van der Waals surface area contributed by atoms with Crippen molar-refractivity contribution in [2.24, 2.45) is 0 Å². The first-order valence-electron chi connectivity index (χ1n) is 15.7. The standard InChI is InChI=1S/C44H30O/c1-3-15-29(16-4-1)31-19-7-8-20-33(31)41-34-21-9-11-23-36(34)42(37-24-12-10-22-35(37)41)38-26-14-28-40-44(38)43-32(25-13-27-39(43)45-40)30-17-5-2-6-18-30/h1-17,19-28,30H,18H2. The van der Waals surface area contributed by atoms with Crippen molar-refractivity contribution < 1.29 is 4.42 Å². The minimum atomic E-state index is 0.318. The molecule has 8 aromatic rings. The Kier molecular flexibility index (Phi) is 6.02. The van der Waals surface area contributed by atoms with Gasteiger partial charge in [0, 0.05) is 16.7 Å². The van der Waals surface area contributed by atoms with Crippen molar-refractivity contribution >= 4 is 43.5 Å². The lowest BCUT2D eigenvalue weighted by atomic mass is 9.82. The van der Waals surface area contributed by atoms with Crippen LogP contribution in [-0.2, 0) is 0 Å². The lowest BCUT2D eigenvalue weighted by molar-refractivity contribution is 0.668. The first-order valence-corrected chi connectivity index (χ1v) is 15.7. The van der Waals surface area contributed by atoms with E-state index in [2.05, 4.69) is 164 Å². The average molecular weight is 575 g/mol. The van der Waals surface area contributed by atoms with Gasteiger partial charge in [-0.15, -0.1) is 0 Å². The number of rotatable bonds is 4. The first-order chi connectivity index (χ1) is 22.4. The number of benzene rings is 7. The highest BCUT2D eigenvalue weighted by Gasteiger charge is 2.23. The van der Waals surface area contributed by atoms with Crippen molar-refractivity contribution in [1.29, 1.82) is 0 Å². The van der Waals surface area contributed by atoms with Crippen molar-refractivity contribution in [2.45, 2.75) is 12.3 Å². The molecule has 0 spiro atoms. The molecule has 0 radical (unpaired) electrons. The van der Waals surface area contributed by atoms with Gasteiger partial charge in [0.1, 0.15) is 11.2 Å². The summed E-state index contributed by atoms with van der Waals surface area (Å²) in [5, 5.41) is 7.40. The minimum absolute atomic E-state index is 0.318. The van der Waals surface area contributed by atoms with Crippen molar-refractivity contribution in [1.82, 2.24) is 0 Å². The van der Waals surface area contributed by atoms with Crippen LogP contribution in [-0.4, -0.2) is 0 Å². The summed E-state index contributed by atoms with van der Waals surface area (Å²) in [7, 11) is 0. The van der Waals surface area contributed by atoms with Gasteiger partial charge in [-0.05, 0) is 79.0 Å². The van der Waals surface area contributed by atoms with Gasteiger partial charge in [0.05, 0.1) is 0 Å². The molecule has 1 heterocycles. The highest BCUT2D eigenvalue weighted by molar-refractivity contribution is 6.26. The summed E-state index contributed by atoms with van der Waals surface area (Å²) in [5.41, 5.74) is 10.6. The Balaban J connectivity index is 1.41. The molecule has 1 aromatic heterocycles. The third kappa shape index (κ3) is 4.08. The van der Waals surface area contributed by atoms with Crippen LogP contribution in [0.2, 0.25) is 0 Å². The zero-order chi connectivity index (χ0) is 29.7. The van der Waals surface area contributed by atoms with Gasteiger partial charge in [-0.25, -0.2) is 0 Å². The molecule has 1 aliphatic rings. The molecule has 1 heteroatoms. The second-order valence-corrected chi connectivity index (χ2v) is 11.9. The second kappa shape index (κ2) is 10.5. The Hall–Kier alpha value is -5.66. The van der Waals surface area contributed by atoms with Crippen LogP contribution >= 0.6 is 0 Å². The van der Waals surface area contributed by atoms with E-state index in [1.165, 1.54) is 71.3 Å². The fourth-order valence-corrected chi connectivity index (χ4v) is 7.50. The fraction of sp³-hybridized carbons (Fsp3) is 0.0455. The fourth-order valence-electron chi connectivity index (χ4n) is 7.50. The van der Waals surface area contributed by atoms with Crippen LogP contribution in [0.4, 0.5) is 0 Å². The smallest absolute Gasteiger partial charge is 0.136 e. The summed E-state index contributed by atoms with van der Waals surface area (Å²) in [6.45, 7) is 0. The minimum Gasteiger partial charge on any atom is -0.456 e. The molecule has 9 rings (SSSR count). The summed E-state index contributed by atoms with van der Waals surface area (Å²) in [6.07, 6.45) is 9.89. The number of allylic oxidation sites excluding steroid dienone is 4. The number of hydrogen-bond donors (Lipinski definition) is 0. The molecule has 45 heavy (non-hydrogen) atoms. The largest absolute Gasteiger partial charge is 0.456 e. The third-order valence-corrected chi connectivity index (χ3v) is 9.42. The summed E-state index contributed by atoms with van der Waals surface area (Å²) in [6, 6.07) is 50.5. The van der Waals surface area contributed by atoms with Crippen LogP contribution in [0.3, 0.4) is 0 Å². The molecule has 0 bridgehead atoms. The topological polar surface area (TPSA) is 13.1 Å². The van der Waals surface area contributed by atoms with Gasteiger partial charge in [-0.2, -0.15) is 0 Å². The highest BCUT2D eigenvalue weighted by Crippen LogP contribution is 2.49. The molecule has 7 aromatic carbocycles. The van der Waals surface area contributed by atoms with E-state index >= 15 is 0 Å². The van der Waals surface area contributed by atoms with E-state index in [1.54, 1.807) is 0 Å². The summed E-state index contributed by atoms with van der Waals surface area (Å²) < 4.78 is 6.59. The molecule has 0 amide bonds. The number of fused-ring (bicyclic) bond motifs is 5. The van der Waals surface area contributed by atoms with E-state index in [4.69, 9.17) is 4.42 Å². The van der Waals surface area contributed by atoms with E-state index in [-0.39, 0.29) is 0 Å². The van der Waals surface area contributed by atoms with E-state index in [9.17, 15) is 0 Å². The molecule has 1 aliphatic carbocycles. The van der Waals surface area contributed by atoms with Crippen molar-refractivity contribution in [2.75, 3.05) is 0 Å². The van der Waals surface area contributed by atoms with Gasteiger partial charge in [0.2, 0.25) is 0 Å². The van der Waals surface area contributed by atoms with Crippen LogP contribution in [0, 0.1) is 0 Å². The zero-order valence-corrected chi connectivity index (χ0v) is 24.8. The van der Waals surface area contributed by atoms with Crippen LogP contribution in [0.25, 0.3) is 76.9 Å². The van der Waals surface area contributed by atoms with Crippen LogP contribution < -0.4 is 0 Å². The summed E-state index contributed by atoms with van der Waals surface area (Å²) in [5.74, 6) is 0.318. The Bertz CT molecular complexity index is 2400. The van der Waals surface area contributed by atoms with Gasteiger partial charge < -0.3 is 4.42 Å². The van der Waals surface area contributed by atoms with Crippen molar-refractivity contribution in [3.8, 4) is 33.4 Å². The van der Waals surface area contributed by atoms with Crippen molar-refractivity contribution in [3.63, 3.8) is 0 Å². The quantitative estimate of drug-likeness (QED) is 0.191. The van der Waals surface area contributed by atoms with Crippen LogP contribution in [0.5, 0.6) is 0 Å². The maximum atomic E-state index is 6.59. The average Bonchev–Trinajstić information content (AvgIpc) is 3.51. The molecule has 0 fully saturated rings. The maximum Gasteiger partial charge on any atom is 0.136 e. The predicted molar refractivity (Wildman–Crippen MR) is 191 cm³/mol. The van der Waals surface area contributed by atoms with E-state index in [1.807, 2.05) is 0 Å². The van der Waals surface area contributed by atoms with Gasteiger partial charge in [-0.3, -0.25) is 0 Å². The molecule has 1 nitrogen and oxygen atoms in total. The summed E-state index contributed by atoms with van der Waals surface area (Å²) in [4.78, 5) is 0. The third-order valence-electron chi connectivity index (χ3n) is 9.42. The number of hydrogen-bond acceptors (Lipinski definition) is 1. The summed E-state index contributed by atoms with van der Waals surface area (Å²) >= 11 is 0. The molecule has 212 valence electrons. The lowest BCUT2D eigenvalue weighted by Gasteiger charge is -2.20. The van der Waals surface area contributed by atoms with E-state index in [0.717, 1.165) is 17.6 Å². The SMILES string of the molecule is C1=CCC(c2cccc3oc4cccc(-c5c6ccccc6c(-c6ccccc6-c6ccccc6)c6ccccc56)c4c23)C=C1. The Morgan fingerprint density at radius 1 is 0.444 bits per heavy atom. The van der Waals surface area contributed by atoms with Gasteiger partial charge >= 0.3 is 0 Å². The highest BCUT2D eigenvalue weighted by atomic mass is 16.3. The van der Waals surface area contributed by atoms with Gasteiger partial charge in [-0.1, -0.05) is 152 Å².